The molecule has 2 atom stereocenters. The van der Waals surface area contributed by atoms with E-state index in [2.05, 4.69) is 17.2 Å². The summed E-state index contributed by atoms with van der Waals surface area (Å²) < 4.78 is 0. The standard InChI is InChI=1S/C11H15N3O2/c1-8-4-5-9(7-8)13-10-3-2-6-12-11(10)14(15)16/h2-3,6,8-9,13H,4-5,7H2,1H3. The molecule has 1 fully saturated rings. The van der Waals surface area contributed by atoms with Gasteiger partial charge in [-0.1, -0.05) is 6.92 Å². The molecule has 1 aliphatic rings. The highest BCUT2D eigenvalue weighted by Crippen LogP contribution is 2.29. The highest BCUT2D eigenvalue weighted by atomic mass is 16.6. The van der Waals surface area contributed by atoms with Gasteiger partial charge in [0.2, 0.25) is 0 Å². The highest BCUT2D eigenvalue weighted by Gasteiger charge is 2.24. The summed E-state index contributed by atoms with van der Waals surface area (Å²) in [7, 11) is 0. The van der Waals surface area contributed by atoms with Crippen LogP contribution in [0.5, 0.6) is 0 Å². The van der Waals surface area contributed by atoms with Crippen molar-refractivity contribution in [3.8, 4) is 0 Å². The summed E-state index contributed by atoms with van der Waals surface area (Å²) >= 11 is 0. The van der Waals surface area contributed by atoms with Crippen LogP contribution < -0.4 is 5.32 Å². The van der Waals surface area contributed by atoms with E-state index in [-0.39, 0.29) is 5.82 Å². The number of nitrogens with one attached hydrogen (secondary N) is 1. The molecule has 0 radical (unpaired) electrons. The van der Waals surface area contributed by atoms with Crippen LogP contribution in [0.15, 0.2) is 18.3 Å². The molecule has 2 unspecified atom stereocenters. The van der Waals surface area contributed by atoms with Crippen molar-refractivity contribution in [3.63, 3.8) is 0 Å². The van der Waals surface area contributed by atoms with Crippen molar-refractivity contribution in [1.82, 2.24) is 4.98 Å². The summed E-state index contributed by atoms with van der Waals surface area (Å²) in [6.45, 7) is 2.21. The Labute approximate surface area is 94.0 Å². The second kappa shape index (κ2) is 4.47. The van der Waals surface area contributed by atoms with Crippen LogP contribution in [-0.2, 0) is 0 Å². The molecular formula is C11H15N3O2. The topological polar surface area (TPSA) is 68.1 Å². The number of hydrogen-bond acceptors (Lipinski definition) is 4. The first-order valence-corrected chi connectivity index (χ1v) is 5.52. The third kappa shape index (κ3) is 2.29. The predicted molar refractivity (Wildman–Crippen MR) is 61.3 cm³/mol. The zero-order valence-corrected chi connectivity index (χ0v) is 9.22. The molecule has 16 heavy (non-hydrogen) atoms. The van der Waals surface area contributed by atoms with Crippen LogP contribution in [0.3, 0.4) is 0 Å². The van der Waals surface area contributed by atoms with Gasteiger partial charge < -0.3 is 15.4 Å². The van der Waals surface area contributed by atoms with Crippen molar-refractivity contribution in [2.75, 3.05) is 5.32 Å². The Kier molecular flexibility index (Phi) is 3.03. The first-order chi connectivity index (χ1) is 7.66. The maximum atomic E-state index is 10.8. The zero-order chi connectivity index (χ0) is 11.5. The largest absolute Gasteiger partial charge is 0.386 e. The van der Waals surface area contributed by atoms with Crippen molar-refractivity contribution in [2.45, 2.75) is 32.2 Å². The molecule has 2 rings (SSSR count). The number of pyridine rings is 1. The fourth-order valence-corrected chi connectivity index (χ4v) is 2.21. The average molecular weight is 221 g/mol. The normalized spacial score (nSPS) is 24.3. The molecule has 0 aliphatic heterocycles. The quantitative estimate of drug-likeness (QED) is 0.629. The van der Waals surface area contributed by atoms with Crippen LogP contribution in [0.1, 0.15) is 26.2 Å². The van der Waals surface area contributed by atoms with Gasteiger partial charge in [0.15, 0.2) is 0 Å². The van der Waals surface area contributed by atoms with Crippen molar-refractivity contribution in [3.05, 3.63) is 28.4 Å². The van der Waals surface area contributed by atoms with E-state index in [1.165, 1.54) is 12.6 Å². The Bertz CT molecular complexity index is 395. The molecule has 5 heteroatoms. The van der Waals surface area contributed by atoms with Crippen molar-refractivity contribution >= 4 is 11.5 Å². The van der Waals surface area contributed by atoms with E-state index < -0.39 is 4.92 Å². The molecule has 1 aliphatic carbocycles. The summed E-state index contributed by atoms with van der Waals surface area (Å²) in [5.74, 6) is 0.621. The van der Waals surface area contributed by atoms with Gasteiger partial charge in [0.1, 0.15) is 11.9 Å². The van der Waals surface area contributed by atoms with Crippen LogP contribution in [0.25, 0.3) is 0 Å². The van der Waals surface area contributed by atoms with Crippen molar-refractivity contribution in [2.24, 2.45) is 5.92 Å². The van der Waals surface area contributed by atoms with E-state index in [4.69, 9.17) is 0 Å². The second-order valence-electron chi connectivity index (χ2n) is 4.39. The molecule has 5 nitrogen and oxygen atoms in total. The highest BCUT2D eigenvalue weighted by molar-refractivity contribution is 5.57. The van der Waals surface area contributed by atoms with E-state index >= 15 is 0 Å². The fraction of sp³-hybridized carbons (Fsp3) is 0.545. The van der Waals surface area contributed by atoms with Gasteiger partial charge in [-0.05, 0) is 47.2 Å². The van der Waals surface area contributed by atoms with Gasteiger partial charge in [-0.3, -0.25) is 0 Å². The maximum absolute atomic E-state index is 10.8. The number of nitro groups is 1. The molecule has 0 spiro atoms. The van der Waals surface area contributed by atoms with Crippen LogP contribution in [0.2, 0.25) is 0 Å². The molecule has 0 amide bonds. The average Bonchev–Trinajstić information content (AvgIpc) is 2.64. The molecule has 86 valence electrons. The minimum Gasteiger partial charge on any atom is -0.375 e. The summed E-state index contributed by atoms with van der Waals surface area (Å²) in [5, 5.41) is 14.0. The monoisotopic (exact) mass is 221 g/mol. The molecule has 1 N–H and O–H groups in total. The van der Waals surface area contributed by atoms with E-state index in [1.54, 1.807) is 12.1 Å². The van der Waals surface area contributed by atoms with Gasteiger partial charge in [-0.2, -0.15) is 0 Å². The summed E-state index contributed by atoms with van der Waals surface area (Å²) in [6, 6.07) is 3.78. The van der Waals surface area contributed by atoms with E-state index in [0.29, 0.717) is 17.6 Å². The van der Waals surface area contributed by atoms with Crippen LogP contribution in [-0.4, -0.2) is 15.9 Å². The number of aromatic nitrogens is 1. The lowest BCUT2D eigenvalue weighted by Gasteiger charge is -2.13. The Morgan fingerprint density at radius 2 is 2.38 bits per heavy atom. The van der Waals surface area contributed by atoms with Gasteiger partial charge >= 0.3 is 5.82 Å². The smallest absolute Gasteiger partial charge is 0.375 e. The third-order valence-electron chi connectivity index (χ3n) is 3.01. The summed E-state index contributed by atoms with van der Waals surface area (Å²) in [4.78, 5) is 14.1. The van der Waals surface area contributed by atoms with Gasteiger partial charge in [-0.25, -0.2) is 0 Å². The van der Waals surface area contributed by atoms with Crippen LogP contribution in [0.4, 0.5) is 11.5 Å². The molecule has 0 saturated heterocycles. The van der Waals surface area contributed by atoms with E-state index in [0.717, 1.165) is 12.8 Å². The lowest BCUT2D eigenvalue weighted by Crippen LogP contribution is -2.16. The number of hydrogen-bond donors (Lipinski definition) is 1. The Morgan fingerprint density at radius 1 is 1.56 bits per heavy atom. The Balaban J connectivity index is 2.12. The molecule has 1 aromatic rings. The lowest BCUT2D eigenvalue weighted by molar-refractivity contribution is -0.388. The number of nitrogens with zero attached hydrogens (tertiary/aromatic N) is 2. The summed E-state index contributed by atoms with van der Waals surface area (Å²) in [6.07, 6.45) is 4.78. The first-order valence-electron chi connectivity index (χ1n) is 5.52. The molecule has 0 bridgehead atoms. The van der Waals surface area contributed by atoms with Gasteiger partial charge in [0.05, 0.1) is 0 Å². The first kappa shape index (κ1) is 10.9. The number of rotatable bonds is 3. The van der Waals surface area contributed by atoms with Gasteiger partial charge in [0.25, 0.3) is 0 Å². The van der Waals surface area contributed by atoms with Gasteiger partial charge in [-0.15, -0.1) is 0 Å². The summed E-state index contributed by atoms with van der Waals surface area (Å²) in [5.41, 5.74) is 0.534. The fourth-order valence-electron chi connectivity index (χ4n) is 2.21. The second-order valence-corrected chi connectivity index (χ2v) is 4.39. The number of anilines is 1. The third-order valence-corrected chi connectivity index (χ3v) is 3.01. The van der Waals surface area contributed by atoms with Crippen molar-refractivity contribution in [1.29, 1.82) is 0 Å². The van der Waals surface area contributed by atoms with E-state index in [1.807, 2.05) is 0 Å². The molecule has 1 aromatic heterocycles. The van der Waals surface area contributed by atoms with Crippen LogP contribution in [0, 0.1) is 16.0 Å². The Hall–Kier alpha value is -1.65. The van der Waals surface area contributed by atoms with Crippen molar-refractivity contribution < 1.29 is 4.92 Å². The SMILES string of the molecule is CC1CCC(Nc2cccnc2[N+](=O)[O-])C1. The Morgan fingerprint density at radius 3 is 3.00 bits per heavy atom. The molecule has 1 heterocycles. The van der Waals surface area contributed by atoms with Gasteiger partial charge in [0, 0.05) is 6.04 Å². The molecular weight excluding hydrogens is 206 g/mol. The van der Waals surface area contributed by atoms with Crippen LogP contribution >= 0.6 is 0 Å². The zero-order valence-electron chi connectivity index (χ0n) is 9.22. The maximum Gasteiger partial charge on any atom is 0.386 e. The predicted octanol–water partition coefficient (Wildman–Crippen LogP) is 2.59. The minimum absolute atomic E-state index is 0.0814. The minimum atomic E-state index is -0.444. The van der Waals surface area contributed by atoms with E-state index in [9.17, 15) is 10.1 Å². The molecule has 0 aromatic carbocycles. The molecule has 1 saturated carbocycles. The lowest BCUT2D eigenvalue weighted by atomic mass is 10.1.